The monoisotopic (exact) mass is 245 g/mol. The fraction of sp³-hybridized carbons (Fsp3) is 0.900. The minimum Gasteiger partial charge on any atom is -0.313 e. The van der Waals surface area contributed by atoms with Crippen LogP contribution in [0.2, 0.25) is 0 Å². The van der Waals surface area contributed by atoms with Gasteiger partial charge in [0, 0.05) is 19.6 Å². The molecule has 0 radical (unpaired) electrons. The number of hydrogen-bond acceptors (Lipinski definition) is 4. The van der Waals surface area contributed by atoms with Crippen molar-refractivity contribution in [1.29, 1.82) is 5.26 Å². The Hall–Kier alpha value is -0.640. The third kappa shape index (κ3) is 3.44. The van der Waals surface area contributed by atoms with Crippen LogP contribution in [0, 0.1) is 17.2 Å². The van der Waals surface area contributed by atoms with Gasteiger partial charge in [0.05, 0.1) is 11.8 Å². The summed E-state index contributed by atoms with van der Waals surface area (Å²) < 4.78 is 25.4. The van der Waals surface area contributed by atoms with Crippen LogP contribution >= 0.6 is 0 Å². The van der Waals surface area contributed by atoms with Crippen LogP contribution in [-0.4, -0.2) is 44.2 Å². The number of nitriles is 1. The molecule has 0 bridgehead atoms. The molecule has 1 aliphatic heterocycles. The lowest BCUT2D eigenvalue weighted by Gasteiger charge is -2.31. The molecule has 1 heterocycles. The number of nitrogens with zero attached hydrogens (tertiary/aromatic N) is 2. The summed E-state index contributed by atoms with van der Waals surface area (Å²) in [5.74, 6) is 0.501. The standard InChI is InChI=1S/C10H19N3O2S/c1-9(2)3-6-16(14,15)13-5-4-12-8-10(13)7-11/h9-10,12H,3-6,8H2,1-2H3. The molecule has 92 valence electrons. The van der Waals surface area contributed by atoms with Crippen molar-refractivity contribution in [3.8, 4) is 6.07 Å². The predicted octanol–water partition coefficient (Wildman–Crippen LogP) is 0.160. The van der Waals surface area contributed by atoms with E-state index in [1.807, 2.05) is 19.9 Å². The van der Waals surface area contributed by atoms with Gasteiger partial charge in [0.25, 0.3) is 0 Å². The molecule has 1 saturated heterocycles. The van der Waals surface area contributed by atoms with Crippen molar-refractivity contribution in [3.05, 3.63) is 0 Å². The second-order valence-corrected chi connectivity index (χ2v) is 6.50. The molecule has 1 atom stereocenters. The van der Waals surface area contributed by atoms with Crippen molar-refractivity contribution in [2.45, 2.75) is 26.3 Å². The van der Waals surface area contributed by atoms with E-state index < -0.39 is 16.1 Å². The van der Waals surface area contributed by atoms with Crippen LogP contribution in [0.5, 0.6) is 0 Å². The summed E-state index contributed by atoms with van der Waals surface area (Å²) in [6.07, 6.45) is 0.643. The summed E-state index contributed by atoms with van der Waals surface area (Å²) in [6.45, 7) is 5.44. The Morgan fingerprint density at radius 2 is 2.25 bits per heavy atom. The van der Waals surface area contributed by atoms with Gasteiger partial charge in [-0.2, -0.15) is 9.57 Å². The van der Waals surface area contributed by atoms with Gasteiger partial charge in [0.1, 0.15) is 6.04 Å². The summed E-state index contributed by atoms with van der Waals surface area (Å²) >= 11 is 0. The molecule has 0 aromatic carbocycles. The van der Waals surface area contributed by atoms with E-state index in [1.54, 1.807) is 0 Å². The summed E-state index contributed by atoms with van der Waals surface area (Å²) in [7, 11) is -3.27. The Kier molecular flexibility index (Phi) is 4.71. The molecule has 16 heavy (non-hydrogen) atoms. The molecule has 0 amide bonds. The zero-order chi connectivity index (χ0) is 12.2. The Bertz CT molecular complexity index is 359. The smallest absolute Gasteiger partial charge is 0.215 e. The van der Waals surface area contributed by atoms with Crippen LogP contribution in [0.4, 0.5) is 0 Å². The molecule has 1 fully saturated rings. The van der Waals surface area contributed by atoms with Crippen LogP contribution in [-0.2, 0) is 10.0 Å². The van der Waals surface area contributed by atoms with Crippen molar-refractivity contribution in [1.82, 2.24) is 9.62 Å². The van der Waals surface area contributed by atoms with Crippen LogP contribution in [0.25, 0.3) is 0 Å². The third-order valence-electron chi connectivity index (χ3n) is 2.65. The molecule has 0 aliphatic carbocycles. The number of sulfonamides is 1. The molecular formula is C10H19N3O2S. The van der Waals surface area contributed by atoms with Crippen molar-refractivity contribution in [3.63, 3.8) is 0 Å². The first-order valence-electron chi connectivity index (χ1n) is 5.57. The van der Waals surface area contributed by atoms with E-state index in [0.717, 1.165) is 0 Å². The van der Waals surface area contributed by atoms with E-state index in [4.69, 9.17) is 5.26 Å². The molecule has 0 saturated carbocycles. The van der Waals surface area contributed by atoms with E-state index >= 15 is 0 Å². The first-order chi connectivity index (χ1) is 7.47. The van der Waals surface area contributed by atoms with Crippen molar-refractivity contribution < 1.29 is 8.42 Å². The van der Waals surface area contributed by atoms with Crippen LogP contribution < -0.4 is 5.32 Å². The van der Waals surface area contributed by atoms with E-state index in [2.05, 4.69) is 5.32 Å². The minimum absolute atomic E-state index is 0.142. The average Bonchev–Trinajstić information content (AvgIpc) is 2.26. The highest BCUT2D eigenvalue weighted by Crippen LogP contribution is 2.13. The quantitative estimate of drug-likeness (QED) is 0.765. The molecule has 1 unspecified atom stereocenters. The maximum absolute atomic E-state index is 12.0. The van der Waals surface area contributed by atoms with Crippen molar-refractivity contribution in [2.24, 2.45) is 5.92 Å². The topological polar surface area (TPSA) is 73.2 Å². The summed E-state index contributed by atoms with van der Waals surface area (Å²) in [6, 6.07) is 1.48. The van der Waals surface area contributed by atoms with Crippen molar-refractivity contribution >= 4 is 10.0 Å². The van der Waals surface area contributed by atoms with Gasteiger partial charge in [0.2, 0.25) is 10.0 Å². The van der Waals surface area contributed by atoms with Crippen LogP contribution in [0.3, 0.4) is 0 Å². The maximum atomic E-state index is 12.0. The molecule has 0 spiro atoms. The van der Waals surface area contributed by atoms with Gasteiger partial charge < -0.3 is 5.32 Å². The summed E-state index contributed by atoms with van der Waals surface area (Å²) in [5, 5.41) is 11.9. The number of hydrogen-bond donors (Lipinski definition) is 1. The molecule has 0 aromatic rings. The Morgan fingerprint density at radius 3 is 2.81 bits per heavy atom. The molecular weight excluding hydrogens is 226 g/mol. The second-order valence-electron chi connectivity index (χ2n) is 4.46. The Balaban J connectivity index is 2.69. The first-order valence-corrected chi connectivity index (χ1v) is 7.18. The molecule has 0 aromatic heterocycles. The molecule has 5 nitrogen and oxygen atoms in total. The lowest BCUT2D eigenvalue weighted by Crippen LogP contribution is -2.53. The zero-order valence-corrected chi connectivity index (χ0v) is 10.6. The summed E-state index contributed by atoms with van der Waals surface area (Å²) in [5.41, 5.74) is 0. The maximum Gasteiger partial charge on any atom is 0.215 e. The van der Waals surface area contributed by atoms with E-state index in [0.29, 0.717) is 32.0 Å². The fourth-order valence-electron chi connectivity index (χ4n) is 1.63. The largest absolute Gasteiger partial charge is 0.313 e. The molecule has 1 rings (SSSR count). The number of nitrogens with one attached hydrogen (secondary N) is 1. The molecule has 1 N–H and O–H groups in total. The lowest BCUT2D eigenvalue weighted by atomic mass is 10.2. The van der Waals surface area contributed by atoms with E-state index in [1.165, 1.54) is 4.31 Å². The normalized spacial score (nSPS) is 23.2. The van der Waals surface area contributed by atoms with Gasteiger partial charge in [0.15, 0.2) is 0 Å². The highest BCUT2D eigenvalue weighted by molar-refractivity contribution is 7.89. The lowest BCUT2D eigenvalue weighted by molar-refractivity contribution is 0.311. The zero-order valence-electron chi connectivity index (χ0n) is 9.81. The van der Waals surface area contributed by atoms with Crippen molar-refractivity contribution in [2.75, 3.05) is 25.4 Å². The van der Waals surface area contributed by atoms with Crippen LogP contribution in [0.1, 0.15) is 20.3 Å². The SMILES string of the molecule is CC(C)CCS(=O)(=O)N1CCNCC1C#N. The average molecular weight is 245 g/mol. The number of rotatable bonds is 4. The summed E-state index contributed by atoms with van der Waals surface area (Å²) in [4.78, 5) is 0. The first kappa shape index (κ1) is 13.4. The van der Waals surface area contributed by atoms with Gasteiger partial charge in [-0.15, -0.1) is 0 Å². The number of piperazine rings is 1. The van der Waals surface area contributed by atoms with Gasteiger partial charge in [-0.25, -0.2) is 8.42 Å². The molecule has 1 aliphatic rings. The van der Waals surface area contributed by atoms with Gasteiger partial charge >= 0.3 is 0 Å². The Morgan fingerprint density at radius 1 is 1.56 bits per heavy atom. The van der Waals surface area contributed by atoms with Crippen LogP contribution in [0.15, 0.2) is 0 Å². The van der Waals surface area contributed by atoms with Gasteiger partial charge in [-0.1, -0.05) is 13.8 Å². The van der Waals surface area contributed by atoms with E-state index in [-0.39, 0.29) is 5.75 Å². The minimum atomic E-state index is -3.27. The fourth-order valence-corrected chi connectivity index (χ4v) is 3.51. The Labute approximate surface area is 97.5 Å². The third-order valence-corrected chi connectivity index (χ3v) is 4.56. The van der Waals surface area contributed by atoms with Gasteiger partial charge in [-0.05, 0) is 12.3 Å². The van der Waals surface area contributed by atoms with Gasteiger partial charge in [-0.3, -0.25) is 0 Å². The second kappa shape index (κ2) is 5.62. The highest BCUT2D eigenvalue weighted by atomic mass is 32.2. The predicted molar refractivity (Wildman–Crippen MR) is 62.2 cm³/mol. The van der Waals surface area contributed by atoms with E-state index in [9.17, 15) is 8.42 Å². The molecule has 6 heteroatoms. The highest BCUT2D eigenvalue weighted by Gasteiger charge is 2.31.